The van der Waals surface area contributed by atoms with Gasteiger partial charge in [0.2, 0.25) is 5.91 Å². The third-order valence-electron chi connectivity index (χ3n) is 2.39. The summed E-state index contributed by atoms with van der Waals surface area (Å²) in [4.78, 5) is 33.8. The molecule has 0 radical (unpaired) electrons. The monoisotopic (exact) mass is 280 g/mol. The van der Waals surface area contributed by atoms with Crippen molar-refractivity contribution in [1.82, 2.24) is 10.6 Å². The van der Waals surface area contributed by atoms with Gasteiger partial charge in [-0.15, -0.1) is 0 Å². The quantitative estimate of drug-likeness (QED) is 0.803. The highest BCUT2D eigenvalue weighted by Crippen LogP contribution is 2.20. The van der Waals surface area contributed by atoms with E-state index in [1.54, 1.807) is 30.3 Å². The summed E-state index contributed by atoms with van der Waals surface area (Å²) in [5.74, 6) is 0.0549. The molecule has 1 fully saturated rings. The van der Waals surface area contributed by atoms with Gasteiger partial charge in [0.25, 0.3) is 0 Å². The van der Waals surface area contributed by atoms with E-state index in [9.17, 15) is 14.4 Å². The summed E-state index contributed by atoms with van der Waals surface area (Å²) in [6.07, 6.45) is -0.722. The molecule has 0 saturated carbocycles. The van der Waals surface area contributed by atoms with Gasteiger partial charge in [-0.1, -0.05) is 30.0 Å². The van der Waals surface area contributed by atoms with E-state index in [0.717, 1.165) is 11.8 Å². The normalized spacial score (nSPS) is 21.0. The lowest BCUT2D eigenvalue weighted by Gasteiger charge is -2.35. The summed E-state index contributed by atoms with van der Waals surface area (Å²) in [7, 11) is 0. The summed E-state index contributed by atoms with van der Waals surface area (Å²) >= 11 is 0.960. The highest BCUT2D eigenvalue weighted by Gasteiger charge is 2.42. The number of carbonyl (C=O) groups is 3. The maximum Gasteiger partial charge on any atom is 0.413 e. The van der Waals surface area contributed by atoms with Gasteiger partial charge < -0.3 is 15.4 Å². The minimum absolute atomic E-state index is 0.131. The van der Waals surface area contributed by atoms with Gasteiger partial charge in [0.05, 0.1) is 0 Å². The highest BCUT2D eigenvalue weighted by atomic mass is 32.2. The first-order chi connectivity index (χ1) is 9.06. The minimum atomic E-state index is -0.745. The van der Waals surface area contributed by atoms with E-state index in [0.29, 0.717) is 5.75 Å². The molecule has 19 heavy (non-hydrogen) atoms. The van der Waals surface area contributed by atoms with E-state index in [-0.39, 0.29) is 11.0 Å². The zero-order chi connectivity index (χ0) is 13.8. The van der Waals surface area contributed by atoms with Crippen LogP contribution in [0.25, 0.3) is 0 Å². The molecule has 6 nitrogen and oxygen atoms in total. The van der Waals surface area contributed by atoms with Crippen LogP contribution < -0.4 is 15.4 Å². The second kappa shape index (κ2) is 5.75. The van der Waals surface area contributed by atoms with Crippen LogP contribution in [-0.2, 0) is 9.59 Å². The Hall–Kier alpha value is -2.02. The number of nitrogens with one attached hydrogen (secondary N) is 2. The zero-order valence-corrected chi connectivity index (χ0v) is 10.9. The number of amides is 2. The lowest BCUT2D eigenvalue weighted by Crippen LogP contribution is -2.68. The Labute approximate surface area is 113 Å². The predicted octanol–water partition coefficient (Wildman–Crippen LogP) is 0.879. The molecule has 0 spiro atoms. The van der Waals surface area contributed by atoms with E-state index < -0.39 is 17.5 Å². The number of ether oxygens (including phenoxy) is 1. The molecule has 1 heterocycles. The second-order valence-electron chi connectivity index (χ2n) is 3.86. The van der Waals surface area contributed by atoms with Crippen molar-refractivity contribution >= 4 is 28.9 Å². The second-order valence-corrected chi connectivity index (χ2v) is 5.18. The first kappa shape index (κ1) is 13.4. The van der Waals surface area contributed by atoms with E-state index in [1.807, 2.05) is 0 Å². The molecule has 2 rings (SSSR count). The van der Waals surface area contributed by atoms with Crippen molar-refractivity contribution in [1.29, 1.82) is 0 Å². The molecular weight excluding hydrogens is 268 g/mol. The molecule has 2 atom stereocenters. The predicted molar refractivity (Wildman–Crippen MR) is 69.6 cm³/mol. The number of thioether (sulfide) groups is 1. The number of rotatable bonds is 3. The van der Waals surface area contributed by atoms with Gasteiger partial charge in [-0.25, -0.2) is 4.79 Å². The van der Waals surface area contributed by atoms with E-state index in [2.05, 4.69) is 10.6 Å². The van der Waals surface area contributed by atoms with Gasteiger partial charge in [-0.3, -0.25) is 9.59 Å². The molecule has 1 saturated heterocycles. The summed E-state index contributed by atoms with van der Waals surface area (Å²) in [5.41, 5.74) is 0. The van der Waals surface area contributed by atoms with Crippen LogP contribution in [0.5, 0.6) is 5.75 Å². The van der Waals surface area contributed by atoms with Crippen molar-refractivity contribution in [3.63, 3.8) is 0 Å². The Bertz CT molecular complexity index is 506. The third kappa shape index (κ3) is 3.47. The third-order valence-corrected chi connectivity index (χ3v) is 3.37. The SMILES string of the molecule is CC(=O)S[C@H]1NC(=O)[C@H]1NC(=O)Oc1ccccc1. The molecule has 7 heteroatoms. The molecule has 2 amide bonds. The molecule has 1 aliphatic heterocycles. The zero-order valence-electron chi connectivity index (χ0n) is 10.1. The largest absolute Gasteiger partial charge is 0.413 e. The van der Waals surface area contributed by atoms with Crippen molar-refractivity contribution in [2.24, 2.45) is 0 Å². The first-order valence-electron chi connectivity index (χ1n) is 5.57. The van der Waals surface area contributed by atoms with Crippen LogP contribution in [0.2, 0.25) is 0 Å². The fourth-order valence-corrected chi connectivity index (χ4v) is 2.38. The van der Waals surface area contributed by atoms with Crippen molar-refractivity contribution in [3.8, 4) is 5.75 Å². The molecule has 1 aliphatic rings. The smallest absolute Gasteiger partial charge is 0.410 e. The van der Waals surface area contributed by atoms with Crippen LogP contribution in [0.4, 0.5) is 4.79 Å². The van der Waals surface area contributed by atoms with Gasteiger partial charge in [0, 0.05) is 6.92 Å². The number of carbonyl (C=O) groups excluding carboxylic acids is 3. The molecule has 0 aliphatic carbocycles. The first-order valence-corrected chi connectivity index (χ1v) is 6.45. The van der Waals surface area contributed by atoms with Gasteiger partial charge in [0.1, 0.15) is 17.2 Å². The molecule has 1 aromatic carbocycles. The Morgan fingerprint density at radius 2 is 2.00 bits per heavy atom. The summed E-state index contributed by atoms with van der Waals surface area (Å²) < 4.78 is 5.00. The van der Waals surface area contributed by atoms with E-state index in [4.69, 9.17) is 4.74 Å². The average molecular weight is 280 g/mol. The summed E-state index contributed by atoms with van der Waals surface area (Å²) in [6, 6.07) is 7.76. The number of β-lactam (4-membered cyclic amide) rings is 1. The standard InChI is InChI=1S/C12H12N2O4S/c1-7(15)19-11-9(10(16)14-11)13-12(17)18-8-5-3-2-4-6-8/h2-6,9,11H,1H3,(H,13,17)(H,14,16)/t9-,11-/m1/s1. The topological polar surface area (TPSA) is 84.5 Å². The van der Waals surface area contributed by atoms with Crippen molar-refractivity contribution in [2.45, 2.75) is 18.3 Å². The minimum Gasteiger partial charge on any atom is -0.410 e. The Kier molecular flexibility index (Phi) is 4.06. The summed E-state index contributed by atoms with van der Waals surface area (Å²) in [5, 5.41) is 4.38. The lowest BCUT2D eigenvalue weighted by atomic mass is 10.1. The number of hydrogen-bond acceptors (Lipinski definition) is 5. The molecule has 0 bridgehead atoms. The molecule has 0 unspecified atom stereocenters. The van der Waals surface area contributed by atoms with Crippen LogP contribution >= 0.6 is 11.8 Å². The maximum atomic E-state index is 11.6. The highest BCUT2D eigenvalue weighted by molar-refractivity contribution is 8.14. The molecular formula is C12H12N2O4S. The Balaban J connectivity index is 1.88. The van der Waals surface area contributed by atoms with Gasteiger partial charge in [-0.2, -0.15) is 0 Å². The van der Waals surface area contributed by atoms with Crippen LogP contribution in [0.1, 0.15) is 6.92 Å². The maximum absolute atomic E-state index is 11.6. The van der Waals surface area contributed by atoms with Gasteiger partial charge in [-0.05, 0) is 12.1 Å². The van der Waals surface area contributed by atoms with Crippen LogP contribution in [0.3, 0.4) is 0 Å². The van der Waals surface area contributed by atoms with Crippen LogP contribution in [0, 0.1) is 0 Å². The Morgan fingerprint density at radius 1 is 1.32 bits per heavy atom. The van der Waals surface area contributed by atoms with Crippen LogP contribution in [-0.4, -0.2) is 28.5 Å². The van der Waals surface area contributed by atoms with Crippen molar-refractivity contribution in [3.05, 3.63) is 30.3 Å². The number of benzene rings is 1. The number of para-hydroxylation sites is 1. The molecule has 0 aromatic heterocycles. The van der Waals surface area contributed by atoms with Gasteiger partial charge >= 0.3 is 6.09 Å². The van der Waals surface area contributed by atoms with Crippen molar-refractivity contribution < 1.29 is 19.1 Å². The average Bonchev–Trinajstić information content (AvgIpc) is 2.36. The fourth-order valence-electron chi connectivity index (χ4n) is 1.52. The fraction of sp³-hybridized carbons (Fsp3) is 0.250. The molecule has 100 valence electrons. The van der Waals surface area contributed by atoms with Gasteiger partial charge in [0.15, 0.2) is 5.12 Å². The Morgan fingerprint density at radius 3 is 2.58 bits per heavy atom. The van der Waals surface area contributed by atoms with Crippen LogP contribution in [0.15, 0.2) is 30.3 Å². The van der Waals surface area contributed by atoms with E-state index in [1.165, 1.54) is 6.92 Å². The van der Waals surface area contributed by atoms with E-state index >= 15 is 0 Å². The molecule has 1 aromatic rings. The summed E-state index contributed by atoms with van der Waals surface area (Å²) in [6.45, 7) is 1.40. The van der Waals surface area contributed by atoms with Crippen molar-refractivity contribution in [2.75, 3.05) is 0 Å². The molecule has 2 N–H and O–H groups in total. The lowest BCUT2D eigenvalue weighted by molar-refractivity contribution is -0.129. The number of hydrogen-bond donors (Lipinski definition) is 2.